The summed E-state index contributed by atoms with van der Waals surface area (Å²) in [5.74, 6) is -0.630. The summed E-state index contributed by atoms with van der Waals surface area (Å²) in [5, 5.41) is 3.01. The first-order valence-corrected chi connectivity index (χ1v) is 11.9. The molecule has 0 bridgehead atoms. The maximum absolute atomic E-state index is 13.7. The molecule has 36 heavy (non-hydrogen) atoms. The molecule has 8 heteroatoms. The van der Waals surface area contributed by atoms with Crippen LogP contribution in [-0.2, 0) is 34.5 Å². The molecule has 3 aromatic carbocycles. The Morgan fingerprint density at radius 3 is 2.42 bits per heavy atom. The second-order valence-corrected chi connectivity index (χ2v) is 9.27. The third-order valence-electron chi connectivity index (χ3n) is 7.12. The van der Waals surface area contributed by atoms with Crippen LogP contribution in [0.1, 0.15) is 35.1 Å². The van der Waals surface area contributed by atoms with Crippen LogP contribution in [-0.4, -0.2) is 30.4 Å². The van der Waals surface area contributed by atoms with Gasteiger partial charge in [0.15, 0.2) is 0 Å². The van der Waals surface area contributed by atoms with E-state index in [-0.39, 0.29) is 35.7 Å². The largest absolute Gasteiger partial charge is 0.417 e. The SMILES string of the molecule is O=C(CNCc1cccc(C(F)(F)F)c1-c1ccc(F)cc1)N1CCC2(CC1)OCc1ccccc12. The van der Waals surface area contributed by atoms with Crippen molar-refractivity contribution < 1.29 is 27.1 Å². The molecule has 0 atom stereocenters. The zero-order chi connectivity index (χ0) is 25.3. The van der Waals surface area contributed by atoms with Gasteiger partial charge in [0.25, 0.3) is 0 Å². The second kappa shape index (κ2) is 9.67. The molecule has 2 heterocycles. The number of carbonyl (C=O) groups is 1. The van der Waals surface area contributed by atoms with Crippen molar-refractivity contribution in [3.63, 3.8) is 0 Å². The van der Waals surface area contributed by atoms with E-state index in [4.69, 9.17) is 4.74 Å². The highest BCUT2D eigenvalue weighted by Crippen LogP contribution is 2.44. The first-order valence-electron chi connectivity index (χ1n) is 11.9. The van der Waals surface area contributed by atoms with Gasteiger partial charge in [-0.3, -0.25) is 4.79 Å². The topological polar surface area (TPSA) is 41.6 Å². The van der Waals surface area contributed by atoms with Gasteiger partial charge in [0.1, 0.15) is 5.82 Å². The van der Waals surface area contributed by atoms with Gasteiger partial charge < -0.3 is 15.0 Å². The number of likely N-dealkylation sites (tertiary alicyclic amines) is 1. The van der Waals surface area contributed by atoms with Crippen LogP contribution in [0.15, 0.2) is 66.7 Å². The smallest absolute Gasteiger partial charge is 0.365 e. The number of alkyl halides is 3. The summed E-state index contributed by atoms with van der Waals surface area (Å²) in [6.45, 7) is 1.76. The minimum absolute atomic E-state index is 0.00352. The molecule has 0 unspecified atom stereocenters. The average molecular weight is 499 g/mol. The first-order chi connectivity index (χ1) is 17.3. The molecule has 1 saturated heterocycles. The Morgan fingerprint density at radius 1 is 0.972 bits per heavy atom. The summed E-state index contributed by atoms with van der Waals surface area (Å²) in [4.78, 5) is 14.6. The number of benzene rings is 3. The average Bonchev–Trinajstić information content (AvgIpc) is 3.22. The summed E-state index contributed by atoms with van der Waals surface area (Å²) in [6, 6.07) is 17.1. The van der Waals surface area contributed by atoms with Gasteiger partial charge in [-0.1, -0.05) is 48.5 Å². The molecule has 4 nitrogen and oxygen atoms in total. The Hall–Kier alpha value is -3.23. The summed E-state index contributed by atoms with van der Waals surface area (Å²) in [6.07, 6.45) is -3.16. The van der Waals surface area contributed by atoms with Gasteiger partial charge in [0, 0.05) is 19.6 Å². The van der Waals surface area contributed by atoms with E-state index in [9.17, 15) is 22.4 Å². The van der Waals surface area contributed by atoms with Gasteiger partial charge in [-0.25, -0.2) is 4.39 Å². The highest BCUT2D eigenvalue weighted by molar-refractivity contribution is 5.78. The molecule has 0 radical (unpaired) electrons. The lowest BCUT2D eigenvalue weighted by molar-refractivity contribution is -0.138. The monoisotopic (exact) mass is 498 g/mol. The van der Waals surface area contributed by atoms with Crippen LogP contribution in [0, 0.1) is 5.82 Å². The van der Waals surface area contributed by atoms with Crippen LogP contribution in [0.25, 0.3) is 11.1 Å². The summed E-state index contributed by atoms with van der Waals surface area (Å²) >= 11 is 0. The maximum atomic E-state index is 13.7. The fourth-order valence-electron chi connectivity index (χ4n) is 5.27. The molecule has 3 aromatic rings. The summed E-state index contributed by atoms with van der Waals surface area (Å²) in [5.41, 5.74) is 1.90. The number of hydrogen-bond donors (Lipinski definition) is 1. The van der Waals surface area contributed by atoms with Crippen molar-refractivity contribution in [2.24, 2.45) is 0 Å². The fraction of sp³-hybridized carbons (Fsp3) is 0.321. The third kappa shape index (κ3) is 4.75. The number of carbonyl (C=O) groups excluding carboxylic acids is 1. The Bertz CT molecular complexity index is 1250. The number of rotatable bonds is 5. The number of piperidine rings is 1. The lowest BCUT2D eigenvalue weighted by Crippen LogP contribution is -2.47. The van der Waals surface area contributed by atoms with Gasteiger partial charge >= 0.3 is 6.18 Å². The molecule has 5 rings (SSSR count). The molecule has 0 saturated carbocycles. The standard InChI is InChI=1S/C28H26F4N2O2/c29-22-10-8-19(9-11-22)26-20(5-3-7-24(26)28(30,31)32)16-33-17-25(35)34-14-12-27(13-15-34)23-6-2-1-4-21(23)18-36-27/h1-11,33H,12-18H2. The van der Waals surface area contributed by atoms with E-state index in [2.05, 4.69) is 17.4 Å². The Labute approximate surface area is 206 Å². The summed E-state index contributed by atoms with van der Waals surface area (Å²) < 4.78 is 60.8. The first kappa shape index (κ1) is 24.5. The van der Waals surface area contributed by atoms with E-state index in [1.165, 1.54) is 29.3 Å². The molecule has 2 aliphatic rings. The van der Waals surface area contributed by atoms with Crippen molar-refractivity contribution in [3.05, 3.63) is 94.8 Å². The number of hydrogen-bond acceptors (Lipinski definition) is 3. The second-order valence-electron chi connectivity index (χ2n) is 9.27. The van der Waals surface area contributed by atoms with Crippen molar-refractivity contribution in [1.29, 1.82) is 0 Å². The van der Waals surface area contributed by atoms with Crippen molar-refractivity contribution in [1.82, 2.24) is 10.2 Å². The fourth-order valence-corrected chi connectivity index (χ4v) is 5.27. The van der Waals surface area contributed by atoms with Crippen LogP contribution in [0.5, 0.6) is 0 Å². The highest BCUT2D eigenvalue weighted by atomic mass is 19.4. The number of ether oxygens (including phenoxy) is 1. The number of nitrogens with zero attached hydrogens (tertiary/aromatic N) is 1. The Kier molecular flexibility index (Phi) is 6.57. The van der Waals surface area contributed by atoms with Crippen LogP contribution >= 0.6 is 0 Å². The van der Waals surface area contributed by atoms with E-state index in [1.807, 2.05) is 12.1 Å². The molecule has 1 N–H and O–H groups in total. The zero-order valence-electron chi connectivity index (χ0n) is 19.6. The van der Waals surface area contributed by atoms with Crippen molar-refractivity contribution in [3.8, 4) is 11.1 Å². The molecular weight excluding hydrogens is 472 g/mol. The van der Waals surface area contributed by atoms with Crippen LogP contribution in [0.3, 0.4) is 0 Å². The van der Waals surface area contributed by atoms with Crippen molar-refractivity contribution >= 4 is 5.91 Å². The lowest BCUT2D eigenvalue weighted by atomic mass is 9.84. The van der Waals surface area contributed by atoms with Gasteiger partial charge in [-0.05, 0) is 58.9 Å². The van der Waals surface area contributed by atoms with Crippen LogP contribution in [0.2, 0.25) is 0 Å². The molecule has 2 aliphatic heterocycles. The number of fused-ring (bicyclic) bond motifs is 2. The number of nitrogens with one attached hydrogen (secondary N) is 1. The minimum atomic E-state index is -4.57. The highest BCUT2D eigenvalue weighted by Gasteiger charge is 2.43. The van der Waals surface area contributed by atoms with Gasteiger partial charge in [-0.2, -0.15) is 13.2 Å². The Morgan fingerprint density at radius 2 is 1.69 bits per heavy atom. The predicted octanol–water partition coefficient (Wildman–Crippen LogP) is 5.65. The molecular formula is C28H26F4N2O2. The lowest BCUT2D eigenvalue weighted by Gasteiger charge is -2.39. The zero-order valence-corrected chi connectivity index (χ0v) is 19.6. The van der Waals surface area contributed by atoms with Crippen LogP contribution < -0.4 is 5.32 Å². The quantitative estimate of drug-likeness (QED) is 0.463. The number of amides is 1. The van der Waals surface area contributed by atoms with E-state index in [0.717, 1.165) is 18.2 Å². The van der Waals surface area contributed by atoms with Crippen molar-refractivity contribution in [2.75, 3.05) is 19.6 Å². The minimum Gasteiger partial charge on any atom is -0.365 e. The Balaban J connectivity index is 1.24. The molecule has 1 amide bonds. The molecule has 1 fully saturated rings. The van der Waals surface area contributed by atoms with Gasteiger partial charge in [0.05, 0.1) is 24.3 Å². The van der Waals surface area contributed by atoms with E-state index in [0.29, 0.717) is 38.1 Å². The van der Waals surface area contributed by atoms with Crippen LogP contribution in [0.4, 0.5) is 17.6 Å². The number of halogens is 4. The maximum Gasteiger partial charge on any atom is 0.417 e. The van der Waals surface area contributed by atoms with E-state index in [1.54, 1.807) is 11.0 Å². The molecule has 1 spiro atoms. The van der Waals surface area contributed by atoms with Crippen molar-refractivity contribution in [2.45, 2.75) is 37.8 Å². The molecule has 0 aliphatic carbocycles. The predicted molar refractivity (Wildman–Crippen MR) is 127 cm³/mol. The van der Waals surface area contributed by atoms with E-state index < -0.39 is 17.6 Å². The molecule has 188 valence electrons. The third-order valence-corrected chi connectivity index (χ3v) is 7.12. The van der Waals surface area contributed by atoms with Gasteiger partial charge in [-0.15, -0.1) is 0 Å². The summed E-state index contributed by atoms with van der Waals surface area (Å²) in [7, 11) is 0. The van der Waals surface area contributed by atoms with E-state index >= 15 is 0 Å². The van der Waals surface area contributed by atoms with Gasteiger partial charge in [0.2, 0.25) is 5.91 Å². The molecule has 0 aromatic heterocycles. The normalized spacial score (nSPS) is 16.8.